The van der Waals surface area contributed by atoms with Crippen molar-refractivity contribution < 1.29 is 28.5 Å². The minimum atomic E-state index is -0.385. The van der Waals surface area contributed by atoms with E-state index in [0.717, 1.165) is 12.8 Å². The van der Waals surface area contributed by atoms with Gasteiger partial charge in [-0.1, -0.05) is 13.3 Å². The second-order valence-corrected chi connectivity index (χ2v) is 6.82. The van der Waals surface area contributed by atoms with Crippen LogP contribution in [0.25, 0.3) is 0 Å². The quantitative estimate of drug-likeness (QED) is 0.427. The average Bonchev–Trinajstić information content (AvgIpc) is 2.73. The molecule has 0 heterocycles. The van der Waals surface area contributed by atoms with Gasteiger partial charge in [0.25, 0.3) is 5.91 Å². The molecule has 0 fully saturated rings. The number of hydrogen-bond donors (Lipinski definition) is 1. The molecule has 0 atom stereocenters. The van der Waals surface area contributed by atoms with Crippen molar-refractivity contribution in [3.63, 3.8) is 0 Å². The van der Waals surface area contributed by atoms with Crippen molar-refractivity contribution in [2.45, 2.75) is 19.8 Å². The van der Waals surface area contributed by atoms with Gasteiger partial charge < -0.3 is 24.3 Å². The van der Waals surface area contributed by atoms with Crippen molar-refractivity contribution in [2.75, 3.05) is 33.3 Å². The predicted molar refractivity (Wildman–Crippen MR) is 113 cm³/mol. The second kappa shape index (κ2) is 10.7. The van der Waals surface area contributed by atoms with Gasteiger partial charge in [0.1, 0.15) is 0 Å². The average molecular weight is 466 g/mol. The maximum Gasteiger partial charge on any atom is 0.338 e. The van der Waals surface area contributed by atoms with Crippen molar-refractivity contribution in [2.24, 2.45) is 0 Å². The Morgan fingerprint density at radius 3 is 2.21 bits per heavy atom. The molecule has 0 saturated heterocycles. The summed E-state index contributed by atoms with van der Waals surface area (Å²) in [7, 11) is 4.44. The monoisotopic (exact) mass is 465 g/mol. The van der Waals surface area contributed by atoms with E-state index in [2.05, 4.69) is 21.2 Å². The first-order valence-electron chi connectivity index (χ1n) is 9.03. The number of unbranched alkanes of at least 4 members (excludes halogenated alkanes) is 1. The van der Waals surface area contributed by atoms with Gasteiger partial charge in [0, 0.05) is 5.69 Å². The number of carbonyl (C=O) groups excluding carboxylic acids is 2. The van der Waals surface area contributed by atoms with Crippen LogP contribution >= 0.6 is 15.9 Å². The fourth-order valence-corrected chi connectivity index (χ4v) is 3.20. The maximum atomic E-state index is 12.8. The molecule has 2 aromatic carbocycles. The number of anilines is 1. The number of ether oxygens (including phenoxy) is 4. The van der Waals surface area contributed by atoms with Crippen molar-refractivity contribution >= 4 is 33.5 Å². The first-order chi connectivity index (χ1) is 14.0. The Bertz CT molecular complexity index is 866. The summed E-state index contributed by atoms with van der Waals surface area (Å²) >= 11 is 3.39. The predicted octanol–water partition coefficient (Wildman–Crippen LogP) is 4.68. The first kappa shape index (κ1) is 22.5. The van der Waals surface area contributed by atoms with Crippen LogP contribution in [0.2, 0.25) is 0 Å². The lowest BCUT2D eigenvalue weighted by Crippen LogP contribution is -2.14. The van der Waals surface area contributed by atoms with Gasteiger partial charge >= 0.3 is 5.97 Å². The molecule has 0 spiro atoms. The van der Waals surface area contributed by atoms with Gasteiger partial charge in [-0.2, -0.15) is 0 Å². The Labute approximate surface area is 178 Å². The van der Waals surface area contributed by atoms with Crippen LogP contribution in [0.3, 0.4) is 0 Å². The van der Waals surface area contributed by atoms with Crippen LogP contribution < -0.4 is 19.5 Å². The molecule has 7 nitrogen and oxygen atoms in total. The van der Waals surface area contributed by atoms with Crippen LogP contribution in [0.1, 0.15) is 40.5 Å². The van der Waals surface area contributed by atoms with Gasteiger partial charge in [-0.3, -0.25) is 4.79 Å². The summed E-state index contributed by atoms with van der Waals surface area (Å²) in [6.45, 7) is 2.42. The molecule has 0 aliphatic rings. The van der Waals surface area contributed by atoms with Gasteiger partial charge in [0.15, 0.2) is 11.5 Å². The number of amides is 1. The molecular formula is C21H24BrNO6. The molecule has 29 heavy (non-hydrogen) atoms. The van der Waals surface area contributed by atoms with Crippen LogP contribution in [-0.4, -0.2) is 39.8 Å². The lowest BCUT2D eigenvalue weighted by molar-refractivity contribution is 0.0499. The third-order valence-electron chi connectivity index (χ3n) is 4.12. The summed E-state index contributed by atoms with van der Waals surface area (Å²) in [5, 5.41) is 2.78. The molecule has 0 radical (unpaired) electrons. The van der Waals surface area contributed by atoms with E-state index in [0.29, 0.717) is 45.1 Å². The Morgan fingerprint density at radius 2 is 1.66 bits per heavy atom. The van der Waals surface area contributed by atoms with Crippen LogP contribution in [0.4, 0.5) is 5.69 Å². The molecule has 0 bridgehead atoms. The summed E-state index contributed by atoms with van der Waals surface area (Å²) in [5.41, 5.74) is 1.26. The number of carbonyl (C=O) groups is 2. The highest BCUT2D eigenvalue weighted by Crippen LogP contribution is 2.44. The number of hydrogen-bond acceptors (Lipinski definition) is 6. The van der Waals surface area contributed by atoms with Gasteiger partial charge in [-0.25, -0.2) is 4.79 Å². The molecule has 0 saturated carbocycles. The summed E-state index contributed by atoms with van der Waals surface area (Å²) < 4.78 is 21.6. The normalized spacial score (nSPS) is 10.2. The Morgan fingerprint density at radius 1 is 1.00 bits per heavy atom. The number of halogens is 1. The van der Waals surface area contributed by atoms with Crippen molar-refractivity contribution in [1.82, 2.24) is 0 Å². The molecule has 0 aromatic heterocycles. The van der Waals surface area contributed by atoms with E-state index in [1.54, 1.807) is 30.3 Å². The third kappa shape index (κ3) is 5.41. The Balaban J connectivity index is 2.19. The van der Waals surface area contributed by atoms with E-state index in [1.165, 1.54) is 21.3 Å². The lowest BCUT2D eigenvalue weighted by Gasteiger charge is -2.16. The van der Waals surface area contributed by atoms with E-state index in [1.807, 2.05) is 6.92 Å². The molecule has 156 valence electrons. The lowest BCUT2D eigenvalue weighted by atomic mass is 10.1. The summed E-state index contributed by atoms with van der Waals surface area (Å²) in [5.74, 6) is 0.326. The Hall–Kier alpha value is -2.74. The standard InChI is InChI=1S/C21H24BrNO6/c1-5-6-11-29-21(25)13-7-9-14(10-8-13)23-20(24)15-12-16(26-2)18(27-3)19(28-4)17(15)22/h7-10,12H,5-6,11H2,1-4H3,(H,23,24). The summed E-state index contributed by atoms with van der Waals surface area (Å²) in [6, 6.07) is 8.04. The highest BCUT2D eigenvalue weighted by atomic mass is 79.9. The summed E-state index contributed by atoms with van der Waals surface area (Å²) in [6.07, 6.45) is 1.78. The van der Waals surface area contributed by atoms with E-state index >= 15 is 0 Å². The molecule has 2 rings (SSSR count). The van der Waals surface area contributed by atoms with Gasteiger partial charge in [-0.05, 0) is 52.7 Å². The molecule has 0 aliphatic carbocycles. The summed E-state index contributed by atoms with van der Waals surface area (Å²) in [4.78, 5) is 24.7. The van der Waals surface area contributed by atoms with E-state index in [9.17, 15) is 9.59 Å². The fraction of sp³-hybridized carbons (Fsp3) is 0.333. The van der Waals surface area contributed by atoms with Crippen molar-refractivity contribution in [3.05, 3.63) is 45.9 Å². The number of esters is 1. The number of nitrogens with one attached hydrogen (secondary N) is 1. The van der Waals surface area contributed by atoms with E-state index < -0.39 is 0 Å². The molecular weight excluding hydrogens is 442 g/mol. The highest BCUT2D eigenvalue weighted by molar-refractivity contribution is 9.10. The van der Waals surface area contributed by atoms with Gasteiger partial charge in [0.05, 0.1) is 43.5 Å². The van der Waals surface area contributed by atoms with Crippen LogP contribution in [-0.2, 0) is 4.74 Å². The molecule has 2 aromatic rings. The van der Waals surface area contributed by atoms with E-state index in [4.69, 9.17) is 18.9 Å². The number of rotatable bonds is 9. The smallest absolute Gasteiger partial charge is 0.338 e. The number of methoxy groups -OCH3 is 3. The zero-order chi connectivity index (χ0) is 21.4. The SMILES string of the molecule is CCCCOC(=O)c1ccc(NC(=O)c2cc(OC)c(OC)c(OC)c2Br)cc1. The first-order valence-corrected chi connectivity index (χ1v) is 9.83. The minimum Gasteiger partial charge on any atom is -0.493 e. The highest BCUT2D eigenvalue weighted by Gasteiger charge is 2.23. The molecule has 0 aliphatic heterocycles. The number of benzene rings is 2. The van der Waals surface area contributed by atoms with Crippen LogP contribution in [0, 0.1) is 0 Å². The topological polar surface area (TPSA) is 83.1 Å². The molecule has 8 heteroatoms. The molecule has 1 amide bonds. The van der Waals surface area contributed by atoms with E-state index in [-0.39, 0.29) is 11.9 Å². The second-order valence-electron chi connectivity index (χ2n) is 6.03. The largest absolute Gasteiger partial charge is 0.493 e. The van der Waals surface area contributed by atoms with Crippen molar-refractivity contribution in [3.8, 4) is 17.2 Å². The third-order valence-corrected chi connectivity index (χ3v) is 4.91. The van der Waals surface area contributed by atoms with Gasteiger partial charge in [-0.15, -0.1) is 0 Å². The maximum absolute atomic E-state index is 12.8. The fourth-order valence-electron chi connectivity index (χ4n) is 2.57. The molecule has 1 N–H and O–H groups in total. The van der Waals surface area contributed by atoms with Crippen LogP contribution in [0.5, 0.6) is 17.2 Å². The van der Waals surface area contributed by atoms with Gasteiger partial charge in [0.2, 0.25) is 5.75 Å². The van der Waals surface area contributed by atoms with Crippen LogP contribution in [0.15, 0.2) is 34.8 Å². The van der Waals surface area contributed by atoms with Crippen molar-refractivity contribution in [1.29, 1.82) is 0 Å². The zero-order valence-electron chi connectivity index (χ0n) is 16.8. The minimum absolute atomic E-state index is 0.308. The zero-order valence-corrected chi connectivity index (χ0v) is 18.4. The Kier molecular flexibility index (Phi) is 8.33. The molecule has 0 unspecified atom stereocenters.